The molecule has 0 aliphatic rings. The number of benzene rings is 1. The van der Waals surface area contributed by atoms with Crippen molar-refractivity contribution in [1.29, 1.82) is 0 Å². The second kappa shape index (κ2) is 8.39. The minimum Gasteiger partial charge on any atom is -0.484 e. The van der Waals surface area contributed by atoms with Gasteiger partial charge in [0.1, 0.15) is 17.3 Å². The first kappa shape index (κ1) is 18.6. The number of carbonyl (C=O) groups excluding carboxylic acids is 2. The molecule has 1 aromatic heterocycles. The fourth-order valence-electron chi connectivity index (χ4n) is 2.05. The molecule has 0 bridgehead atoms. The summed E-state index contributed by atoms with van der Waals surface area (Å²) in [6.45, 7) is 5.29. The maximum Gasteiger partial charge on any atom is 0.276 e. The van der Waals surface area contributed by atoms with Crippen molar-refractivity contribution in [2.75, 3.05) is 6.61 Å². The lowest BCUT2D eigenvalue weighted by molar-refractivity contribution is -0.128. The maximum atomic E-state index is 11.7. The number of nitrogens with one attached hydrogen (secondary N) is 2. The molecule has 0 aliphatic heterocycles. The second-order valence-corrected chi connectivity index (χ2v) is 5.86. The van der Waals surface area contributed by atoms with Crippen molar-refractivity contribution < 1.29 is 18.7 Å². The Morgan fingerprint density at radius 3 is 2.44 bits per heavy atom. The summed E-state index contributed by atoms with van der Waals surface area (Å²) in [7, 11) is 0. The number of furan rings is 1. The van der Waals surface area contributed by atoms with Gasteiger partial charge >= 0.3 is 0 Å². The Hall–Kier alpha value is -2.73. The van der Waals surface area contributed by atoms with Gasteiger partial charge in [0.2, 0.25) is 0 Å². The molecule has 1 heterocycles. The molecule has 2 N–H and O–H groups in total. The molecule has 132 valence electrons. The molecule has 7 heteroatoms. The van der Waals surface area contributed by atoms with E-state index in [1.54, 1.807) is 31.2 Å². The van der Waals surface area contributed by atoms with Crippen LogP contribution in [0.5, 0.6) is 5.75 Å². The van der Waals surface area contributed by atoms with E-state index in [-0.39, 0.29) is 6.61 Å². The van der Waals surface area contributed by atoms with Crippen LogP contribution >= 0.6 is 11.6 Å². The van der Waals surface area contributed by atoms with Gasteiger partial charge in [0.15, 0.2) is 6.61 Å². The summed E-state index contributed by atoms with van der Waals surface area (Å²) in [5.41, 5.74) is 6.25. The van der Waals surface area contributed by atoms with Crippen LogP contribution in [0.25, 0.3) is 6.08 Å². The molecule has 0 saturated heterocycles. The Kier molecular flexibility index (Phi) is 6.25. The normalized spacial score (nSPS) is 10.7. The van der Waals surface area contributed by atoms with Gasteiger partial charge in [-0.15, -0.1) is 0 Å². The van der Waals surface area contributed by atoms with Crippen LogP contribution in [0, 0.1) is 20.8 Å². The first-order valence-corrected chi connectivity index (χ1v) is 7.96. The largest absolute Gasteiger partial charge is 0.484 e. The number of rotatable bonds is 5. The van der Waals surface area contributed by atoms with Gasteiger partial charge < -0.3 is 9.15 Å². The highest BCUT2D eigenvalue weighted by atomic mass is 35.5. The highest BCUT2D eigenvalue weighted by Crippen LogP contribution is 2.25. The van der Waals surface area contributed by atoms with Crippen LogP contribution in [0.4, 0.5) is 0 Å². The van der Waals surface area contributed by atoms with E-state index in [1.165, 1.54) is 12.2 Å². The number of amides is 2. The molecule has 0 unspecified atom stereocenters. The highest BCUT2D eigenvalue weighted by Gasteiger charge is 2.07. The summed E-state index contributed by atoms with van der Waals surface area (Å²) in [5.74, 6) is 0.865. The van der Waals surface area contributed by atoms with Gasteiger partial charge in [-0.25, -0.2) is 0 Å². The van der Waals surface area contributed by atoms with Crippen LogP contribution in [0.3, 0.4) is 0 Å². The Morgan fingerprint density at radius 2 is 1.84 bits per heavy atom. The predicted octanol–water partition coefficient (Wildman–Crippen LogP) is 3.10. The highest BCUT2D eigenvalue weighted by molar-refractivity contribution is 6.32. The third-order valence-electron chi connectivity index (χ3n) is 3.27. The number of carbonyl (C=O) groups is 2. The van der Waals surface area contributed by atoms with E-state index in [1.807, 2.05) is 13.8 Å². The number of hydrogen-bond acceptors (Lipinski definition) is 4. The lowest BCUT2D eigenvalue weighted by Gasteiger charge is -2.10. The molecular weight excluding hydrogens is 344 g/mol. The summed E-state index contributed by atoms with van der Waals surface area (Å²) in [5, 5.41) is 0.669. The summed E-state index contributed by atoms with van der Waals surface area (Å²) in [4.78, 5) is 23.3. The minimum atomic E-state index is -0.486. The van der Waals surface area contributed by atoms with Crippen molar-refractivity contribution in [3.8, 4) is 5.75 Å². The van der Waals surface area contributed by atoms with Crippen molar-refractivity contribution in [3.63, 3.8) is 0 Å². The van der Waals surface area contributed by atoms with Crippen LogP contribution < -0.4 is 15.6 Å². The van der Waals surface area contributed by atoms with Crippen LogP contribution in [0.2, 0.25) is 5.02 Å². The quantitative estimate of drug-likeness (QED) is 0.632. The topological polar surface area (TPSA) is 80.6 Å². The van der Waals surface area contributed by atoms with E-state index in [2.05, 4.69) is 10.9 Å². The maximum absolute atomic E-state index is 11.7. The molecule has 2 aromatic rings. The smallest absolute Gasteiger partial charge is 0.276 e. The van der Waals surface area contributed by atoms with Crippen LogP contribution in [-0.2, 0) is 9.59 Å². The van der Waals surface area contributed by atoms with Gasteiger partial charge in [-0.3, -0.25) is 20.4 Å². The molecule has 6 nitrogen and oxygen atoms in total. The van der Waals surface area contributed by atoms with Gasteiger partial charge in [-0.05, 0) is 62.2 Å². The van der Waals surface area contributed by atoms with E-state index in [0.29, 0.717) is 16.5 Å². The third-order valence-corrected chi connectivity index (χ3v) is 3.86. The van der Waals surface area contributed by atoms with Crippen molar-refractivity contribution in [2.24, 2.45) is 0 Å². The number of halogens is 1. The van der Waals surface area contributed by atoms with E-state index in [0.717, 1.165) is 16.9 Å². The van der Waals surface area contributed by atoms with Crippen molar-refractivity contribution in [1.82, 2.24) is 10.9 Å². The molecular formula is C18H19ClN2O4. The standard InChI is InChI=1S/C18H19ClN2O4/c1-11-8-15(9-12(2)18(11)19)24-10-17(23)21-20-16(22)7-6-14-5-4-13(3)25-14/h4-9H,10H2,1-3H3,(H,20,22)(H,21,23)/b7-6+. The fourth-order valence-corrected chi connectivity index (χ4v) is 2.16. The van der Waals surface area contributed by atoms with Crippen molar-refractivity contribution in [2.45, 2.75) is 20.8 Å². The SMILES string of the molecule is Cc1ccc(/C=C/C(=O)NNC(=O)COc2cc(C)c(Cl)c(C)c2)o1. The van der Waals surface area contributed by atoms with E-state index in [9.17, 15) is 9.59 Å². The first-order chi connectivity index (χ1) is 11.8. The Morgan fingerprint density at radius 1 is 1.16 bits per heavy atom. The molecule has 25 heavy (non-hydrogen) atoms. The van der Waals surface area contributed by atoms with E-state index in [4.69, 9.17) is 20.8 Å². The molecule has 0 fully saturated rings. The summed E-state index contributed by atoms with van der Waals surface area (Å²) >= 11 is 6.08. The van der Waals surface area contributed by atoms with E-state index < -0.39 is 11.8 Å². The molecule has 0 saturated carbocycles. The average Bonchev–Trinajstić information content (AvgIpc) is 2.99. The van der Waals surface area contributed by atoms with Crippen LogP contribution in [0.15, 0.2) is 34.8 Å². The second-order valence-electron chi connectivity index (χ2n) is 5.48. The zero-order chi connectivity index (χ0) is 18.4. The van der Waals surface area contributed by atoms with Gasteiger partial charge in [0.25, 0.3) is 11.8 Å². The predicted molar refractivity (Wildman–Crippen MR) is 95.2 cm³/mol. The fraction of sp³-hybridized carbons (Fsp3) is 0.222. The van der Waals surface area contributed by atoms with Gasteiger partial charge in [-0.2, -0.15) is 0 Å². The Balaban J connectivity index is 1.77. The third kappa shape index (κ3) is 5.69. The monoisotopic (exact) mass is 362 g/mol. The average molecular weight is 363 g/mol. The zero-order valence-corrected chi connectivity index (χ0v) is 14.9. The molecule has 0 aliphatic carbocycles. The minimum absolute atomic E-state index is 0.234. The summed E-state index contributed by atoms with van der Waals surface area (Å²) in [6.07, 6.45) is 2.76. The van der Waals surface area contributed by atoms with Crippen LogP contribution in [-0.4, -0.2) is 18.4 Å². The molecule has 2 rings (SSSR count). The van der Waals surface area contributed by atoms with Gasteiger partial charge in [0, 0.05) is 11.1 Å². The van der Waals surface area contributed by atoms with E-state index >= 15 is 0 Å². The number of hydrogen-bond donors (Lipinski definition) is 2. The van der Waals surface area contributed by atoms with Crippen molar-refractivity contribution in [3.05, 3.63) is 58.0 Å². The number of aryl methyl sites for hydroxylation is 3. The Labute approximate surface area is 150 Å². The Bertz CT molecular complexity index is 788. The first-order valence-electron chi connectivity index (χ1n) is 7.58. The van der Waals surface area contributed by atoms with Crippen LogP contribution in [0.1, 0.15) is 22.6 Å². The van der Waals surface area contributed by atoms with Crippen molar-refractivity contribution >= 4 is 29.5 Å². The number of ether oxygens (including phenoxy) is 1. The lowest BCUT2D eigenvalue weighted by Crippen LogP contribution is -2.43. The molecule has 0 spiro atoms. The molecule has 1 aromatic carbocycles. The molecule has 2 amide bonds. The van der Waals surface area contributed by atoms with Gasteiger partial charge in [0.05, 0.1) is 0 Å². The molecule has 0 atom stereocenters. The summed E-state index contributed by atoms with van der Waals surface area (Å²) in [6, 6.07) is 7.02. The number of hydrazine groups is 1. The molecule has 0 radical (unpaired) electrons. The lowest BCUT2D eigenvalue weighted by atomic mass is 10.1. The summed E-state index contributed by atoms with van der Waals surface area (Å²) < 4.78 is 10.7. The van der Waals surface area contributed by atoms with Gasteiger partial charge in [-0.1, -0.05) is 11.6 Å². The zero-order valence-electron chi connectivity index (χ0n) is 14.2.